The van der Waals surface area contributed by atoms with E-state index in [1.165, 1.54) is 0 Å². The van der Waals surface area contributed by atoms with Crippen molar-refractivity contribution < 1.29 is 14.3 Å². The summed E-state index contributed by atoms with van der Waals surface area (Å²) in [6.45, 7) is 0. The number of esters is 1. The van der Waals surface area contributed by atoms with E-state index in [2.05, 4.69) is 0 Å². The molecule has 0 aliphatic heterocycles. The van der Waals surface area contributed by atoms with Crippen LogP contribution in [0.2, 0.25) is 5.02 Å². The van der Waals surface area contributed by atoms with E-state index in [1.54, 1.807) is 55.6 Å². The molecule has 0 radical (unpaired) electrons. The lowest BCUT2D eigenvalue weighted by molar-refractivity contribution is 0.0664. The molecule has 0 N–H and O–H groups in total. The summed E-state index contributed by atoms with van der Waals surface area (Å²) >= 11 is 5.79. The first kappa shape index (κ1) is 15.6. The quantitative estimate of drug-likeness (QED) is 0.485. The fourth-order valence-electron chi connectivity index (χ4n) is 1.70. The van der Waals surface area contributed by atoms with Gasteiger partial charge >= 0.3 is 5.97 Å². The Balaban J connectivity index is 2.12. The van der Waals surface area contributed by atoms with Crippen LogP contribution in [0.4, 0.5) is 0 Å². The molecule has 5 heteroatoms. The predicted molar refractivity (Wildman–Crippen MR) is 83.5 cm³/mol. The van der Waals surface area contributed by atoms with Gasteiger partial charge in [0, 0.05) is 5.02 Å². The molecule has 0 fully saturated rings. The van der Waals surface area contributed by atoms with E-state index in [0.717, 1.165) is 6.26 Å². The summed E-state index contributed by atoms with van der Waals surface area (Å²) in [4.78, 5) is 11.9. The monoisotopic (exact) mass is 313 g/mol. The second-order valence-corrected chi connectivity index (χ2v) is 4.72. The zero-order chi connectivity index (χ0) is 15.9. The van der Waals surface area contributed by atoms with E-state index in [9.17, 15) is 4.79 Å². The van der Waals surface area contributed by atoms with Crippen LogP contribution in [0.3, 0.4) is 0 Å². The Kier molecular flexibility index (Phi) is 5.18. The third-order valence-electron chi connectivity index (χ3n) is 2.89. The van der Waals surface area contributed by atoms with Crippen molar-refractivity contribution in [1.82, 2.24) is 0 Å². The SMILES string of the molecule is COc1ccc(C(=O)OC=C(C#N)c2ccc(Cl)cc2)cc1. The Morgan fingerprint density at radius 3 is 2.23 bits per heavy atom. The fraction of sp³-hybridized carbons (Fsp3) is 0.0588. The maximum absolute atomic E-state index is 11.9. The second-order valence-electron chi connectivity index (χ2n) is 4.28. The van der Waals surface area contributed by atoms with Crippen molar-refractivity contribution in [3.63, 3.8) is 0 Å². The smallest absolute Gasteiger partial charge is 0.342 e. The summed E-state index contributed by atoms with van der Waals surface area (Å²) in [6, 6.07) is 15.2. The number of ether oxygens (including phenoxy) is 2. The Labute approximate surface area is 133 Å². The molecule has 0 spiro atoms. The van der Waals surface area contributed by atoms with Crippen LogP contribution in [0.15, 0.2) is 54.8 Å². The van der Waals surface area contributed by atoms with Crippen LogP contribution >= 0.6 is 11.6 Å². The predicted octanol–water partition coefficient (Wildman–Crippen LogP) is 4.07. The second kappa shape index (κ2) is 7.30. The van der Waals surface area contributed by atoms with Crippen LogP contribution in [0, 0.1) is 11.3 Å². The maximum atomic E-state index is 11.9. The van der Waals surface area contributed by atoms with Gasteiger partial charge in [0.1, 0.15) is 18.1 Å². The molecule has 0 atom stereocenters. The molecule has 0 saturated carbocycles. The topological polar surface area (TPSA) is 59.3 Å². The fourth-order valence-corrected chi connectivity index (χ4v) is 1.82. The number of nitrogens with zero attached hydrogens (tertiary/aromatic N) is 1. The summed E-state index contributed by atoms with van der Waals surface area (Å²) in [5.41, 5.74) is 1.22. The van der Waals surface area contributed by atoms with Crippen LogP contribution in [0.1, 0.15) is 15.9 Å². The van der Waals surface area contributed by atoms with Gasteiger partial charge in [-0.05, 0) is 42.0 Å². The van der Waals surface area contributed by atoms with E-state index in [4.69, 9.17) is 26.3 Å². The molecule has 2 aromatic carbocycles. The van der Waals surface area contributed by atoms with Gasteiger partial charge in [0.15, 0.2) is 0 Å². The van der Waals surface area contributed by atoms with E-state index < -0.39 is 5.97 Å². The third kappa shape index (κ3) is 3.87. The number of allylic oxidation sites excluding steroid dienone is 1. The third-order valence-corrected chi connectivity index (χ3v) is 3.14. The molecule has 22 heavy (non-hydrogen) atoms. The highest BCUT2D eigenvalue weighted by Gasteiger charge is 2.08. The minimum Gasteiger partial charge on any atom is -0.497 e. The normalized spacial score (nSPS) is 10.7. The largest absolute Gasteiger partial charge is 0.497 e. The van der Waals surface area contributed by atoms with Gasteiger partial charge in [-0.25, -0.2) is 4.79 Å². The Hall–Kier alpha value is -2.77. The first-order valence-corrected chi connectivity index (χ1v) is 6.73. The molecule has 0 heterocycles. The summed E-state index contributed by atoms with van der Waals surface area (Å²) < 4.78 is 10.1. The summed E-state index contributed by atoms with van der Waals surface area (Å²) in [5.74, 6) is 0.0929. The van der Waals surface area contributed by atoms with Gasteiger partial charge in [-0.1, -0.05) is 23.7 Å². The van der Waals surface area contributed by atoms with Gasteiger partial charge in [-0.2, -0.15) is 5.26 Å². The molecule has 2 rings (SSSR count). The lowest BCUT2D eigenvalue weighted by Gasteiger charge is -2.03. The maximum Gasteiger partial charge on any atom is 0.342 e. The molecular weight excluding hydrogens is 302 g/mol. The number of hydrogen-bond acceptors (Lipinski definition) is 4. The molecule has 0 aliphatic carbocycles. The summed E-state index contributed by atoms with van der Waals surface area (Å²) in [5, 5.41) is 9.71. The van der Waals surface area contributed by atoms with Crippen molar-refractivity contribution >= 4 is 23.1 Å². The standard InChI is InChI=1S/C17H12ClNO3/c1-21-16-8-4-13(5-9-16)17(20)22-11-14(10-19)12-2-6-15(18)7-3-12/h2-9,11H,1H3. The van der Waals surface area contributed by atoms with Gasteiger partial charge in [-0.15, -0.1) is 0 Å². The van der Waals surface area contributed by atoms with E-state index in [-0.39, 0.29) is 5.57 Å². The molecule has 0 amide bonds. The number of rotatable bonds is 4. The van der Waals surface area contributed by atoms with Crippen molar-refractivity contribution in [3.05, 3.63) is 70.9 Å². The molecule has 0 bridgehead atoms. The molecule has 2 aromatic rings. The molecule has 0 aliphatic rings. The first-order chi connectivity index (χ1) is 10.6. The van der Waals surface area contributed by atoms with Crippen LogP contribution < -0.4 is 4.74 Å². The zero-order valence-electron chi connectivity index (χ0n) is 11.7. The molecule has 0 saturated heterocycles. The average molecular weight is 314 g/mol. The van der Waals surface area contributed by atoms with Crippen molar-refractivity contribution in [3.8, 4) is 11.8 Å². The van der Waals surface area contributed by atoms with Crippen LogP contribution in [-0.4, -0.2) is 13.1 Å². The average Bonchev–Trinajstić information content (AvgIpc) is 2.56. The number of carbonyl (C=O) groups is 1. The van der Waals surface area contributed by atoms with Crippen molar-refractivity contribution in [2.75, 3.05) is 7.11 Å². The number of methoxy groups -OCH3 is 1. The summed E-state index contributed by atoms with van der Waals surface area (Å²) in [6.07, 6.45) is 1.13. The van der Waals surface area contributed by atoms with Crippen molar-refractivity contribution in [2.24, 2.45) is 0 Å². The lowest BCUT2D eigenvalue weighted by atomic mass is 10.1. The highest BCUT2D eigenvalue weighted by atomic mass is 35.5. The minimum absolute atomic E-state index is 0.235. The Bertz CT molecular complexity index is 728. The summed E-state index contributed by atoms with van der Waals surface area (Å²) in [7, 11) is 1.54. The molecule has 0 aromatic heterocycles. The van der Waals surface area contributed by atoms with Crippen LogP contribution in [-0.2, 0) is 4.74 Å². The first-order valence-electron chi connectivity index (χ1n) is 6.35. The Morgan fingerprint density at radius 1 is 1.09 bits per heavy atom. The Morgan fingerprint density at radius 2 is 1.68 bits per heavy atom. The van der Waals surface area contributed by atoms with E-state index in [1.807, 2.05) is 6.07 Å². The number of carbonyl (C=O) groups excluding carboxylic acids is 1. The molecule has 0 unspecified atom stereocenters. The lowest BCUT2D eigenvalue weighted by Crippen LogP contribution is -2.01. The molecule has 4 nitrogen and oxygen atoms in total. The van der Waals surface area contributed by atoms with Crippen molar-refractivity contribution in [2.45, 2.75) is 0 Å². The zero-order valence-corrected chi connectivity index (χ0v) is 12.5. The van der Waals surface area contributed by atoms with Crippen LogP contribution in [0.5, 0.6) is 5.75 Å². The number of nitriles is 1. The van der Waals surface area contributed by atoms with Crippen molar-refractivity contribution in [1.29, 1.82) is 5.26 Å². The van der Waals surface area contributed by atoms with E-state index in [0.29, 0.717) is 21.9 Å². The van der Waals surface area contributed by atoms with Gasteiger partial charge in [-0.3, -0.25) is 0 Å². The van der Waals surface area contributed by atoms with Gasteiger partial charge in [0.25, 0.3) is 0 Å². The van der Waals surface area contributed by atoms with E-state index >= 15 is 0 Å². The van der Waals surface area contributed by atoms with Gasteiger partial charge < -0.3 is 9.47 Å². The molecular formula is C17H12ClNO3. The number of halogens is 1. The number of benzene rings is 2. The highest BCUT2D eigenvalue weighted by Crippen LogP contribution is 2.18. The number of hydrogen-bond donors (Lipinski definition) is 0. The highest BCUT2D eigenvalue weighted by molar-refractivity contribution is 6.30. The molecule has 110 valence electrons. The van der Waals surface area contributed by atoms with Gasteiger partial charge in [0.05, 0.1) is 18.2 Å². The van der Waals surface area contributed by atoms with Gasteiger partial charge in [0.2, 0.25) is 0 Å². The van der Waals surface area contributed by atoms with Crippen LogP contribution in [0.25, 0.3) is 5.57 Å². The minimum atomic E-state index is -0.552.